The van der Waals surface area contributed by atoms with E-state index in [2.05, 4.69) is 0 Å². The Hall–Kier alpha value is -2.37. The highest BCUT2D eigenvalue weighted by molar-refractivity contribution is 6.19. The highest BCUT2D eigenvalue weighted by Crippen LogP contribution is 2.29. The van der Waals surface area contributed by atoms with Crippen molar-refractivity contribution < 1.29 is 23.8 Å². The molecule has 0 aliphatic carbocycles. The molecule has 0 spiro atoms. The molecule has 0 bridgehead atoms. The van der Waals surface area contributed by atoms with Crippen LogP contribution in [-0.2, 0) is 14.2 Å². The Balaban J connectivity index is 1.52. The molecule has 0 unspecified atom stereocenters. The first-order valence-corrected chi connectivity index (χ1v) is 9.63. The fourth-order valence-corrected chi connectivity index (χ4v) is 3.34. The highest BCUT2D eigenvalue weighted by atomic mass is 35.5. The van der Waals surface area contributed by atoms with Crippen molar-refractivity contribution in [3.63, 3.8) is 0 Å². The summed E-state index contributed by atoms with van der Waals surface area (Å²) < 4.78 is 16.4. The van der Waals surface area contributed by atoms with Crippen LogP contribution in [0.3, 0.4) is 0 Å². The molecule has 0 radical (unpaired) electrons. The summed E-state index contributed by atoms with van der Waals surface area (Å²) in [4.78, 5) is 24.4. The van der Waals surface area contributed by atoms with Crippen LogP contribution < -0.4 is 0 Å². The lowest BCUT2D eigenvalue weighted by Gasteiger charge is -2.18. The number of hydrogen-bond acceptors (Lipinski definition) is 5. The van der Waals surface area contributed by atoms with Crippen molar-refractivity contribution in [2.45, 2.75) is 31.9 Å². The zero-order chi connectivity index (χ0) is 20.1. The number of rotatable bonds is 6. The van der Waals surface area contributed by atoms with Gasteiger partial charge in [0.2, 0.25) is 0 Å². The van der Waals surface area contributed by atoms with E-state index in [0.717, 1.165) is 11.1 Å². The van der Waals surface area contributed by atoms with E-state index in [9.17, 15) is 9.59 Å². The lowest BCUT2D eigenvalue weighted by Crippen LogP contribution is -2.28. The van der Waals surface area contributed by atoms with Gasteiger partial charge in [0.05, 0.1) is 23.8 Å². The van der Waals surface area contributed by atoms with Crippen molar-refractivity contribution in [1.29, 1.82) is 0 Å². The first-order chi connectivity index (χ1) is 13.4. The van der Waals surface area contributed by atoms with Crippen molar-refractivity contribution in [2.24, 2.45) is 5.92 Å². The topological polar surface area (TPSA) is 61.8 Å². The zero-order valence-corrected chi connectivity index (χ0v) is 16.6. The number of aryl methyl sites for hydroxylation is 2. The lowest BCUT2D eigenvalue weighted by atomic mass is 10.0. The normalized spacial score (nSPS) is 21.3. The summed E-state index contributed by atoms with van der Waals surface area (Å²) in [5.74, 6) is -0.951. The first-order valence-electron chi connectivity index (χ1n) is 9.19. The zero-order valence-electron chi connectivity index (χ0n) is 15.9. The standard InChI is InChI=1S/C22H23ClO5/c1-14-3-7-16(8-4-14)21(24)26-12-18-11-20(23)28-19(18)13-27-22(25)17-9-5-15(2)6-10-17/h3-10,18-20H,11-13H2,1-2H3/t18-,19+,20+/m0/s1. The van der Waals surface area contributed by atoms with Gasteiger partial charge in [0, 0.05) is 5.92 Å². The fourth-order valence-electron chi connectivity index (χ4n) is 2.98. The Morgan fingerprint density at radius 3 is 1.86 bits per heavy atom. The number of hydrogen-bond donors (Lipinski definition) is 0. The fraction of sp³-hybridized carbons (Fsp3) is 0.364. The van der Waals surface area contributed by atoms with E-state index in [1.54, 1.807) is 24.3 Å². The second-order valence-corrected chi connectivity index (χ2v) is 7.50. The number of benzene rings is 2. The van der Waals surface area contributed by atoms with Gasteiger partial charge >= 0.3 is 11.9 Å². The quantitative estimate of drug-likeness (QED) is 0.533. The molecule has 1 aliphatic heterocycles. The van der Waals surface area contributed by atoms with Crippen molar-refractivity contribution in [3.05, 3.63) is 70.8 Å². The van der Waals surface area contributed by atoms with Crippen LogP contribution in [0.15, 0.2) is 48.5 Å². The predicted molar refractivity (Wildman–Crippen MR) is 106 cm³/mol. The molecule has 2 aromatic rings. The minimum atomic E-state index is -0.494. The van der Waals surface area contributed by atoms with Crippen LogP contribution in [0.2, 0.25) is 0 Å². The van der Waals surface area contributed by atoms with Crippen LogP contribution in [0, 0.1) is 19.8 Å². The third kappa shape index (κ3) is 5.33. The summed E-state index contributed by atoms with van der Waals surface area (Å²) in [5.41, 5.74) is 2.62. The average Bonchev–Trinajstić information content (AvgIpc) is 3.05. The summed E-state index contributed by atoms with van der Waals surface area (Å²) in [6, 6.07) is 14.3. The van der Waals surface area contributed by atoms with E-state index in [1.165, 1.54) is 0 Å². The monoisotopic (exact) mass is 402 g/mol. The Labute approximate surface area is 169 Å². The molecular formula is C22H23ClO5. The number of carbonyl (C=O) groups is 2. The van der Waals surface area contributed by atoms with Crippen LogP contribution in [0.1, 0.15) is 38.3 Å². The lowest BCUT2D eigenvalue weighted by molar-refractivity contribution is -0.0114. The number of halogens is 1. The second-order valence-electron chi connectivity index (χ2n) is 7.01. The summed E-state index contributed by atoms with van der Waals surface area (Å²) in [6.45, 7) is 4.12. The van der Waals surface area contributed by atoms with E-state index in [-0.39, 0.29) is 19.1 Å². The largest absolute Gasteiger partial charge is 0.462 e. The Bertz CT molecular complexity index is 746. The van der Waals surface area contributed by atoms with E-state index in [4.69, 9.17) is 25.8 Å². The van der Waals surface area contributed by atoms with Gasteiger partial charge in [-0.05, 0) is 44.5 Å². The van der Waals surface area contributed by atoms with Crippen LogP contribution in [0.5, 0.6) is 0 Å². The van der Waals surface area contributed by atoms with Crippen LogP contribution in [0.25, 0.3) is 0 Å². The molecule has 1 saturated heterocycles. The minimum absolute atomic E-state index is 0.0582. The number of ether oxygens (including phenoxy) is 3. The molecule has 1 aliphatic rings. The molecular weight excluding hydrogens is 380 g/mol. The molecule has 3 atom stereocenters. The van der Waals surface area contributed by atoms with E-state index in [0.29, 0.717) is 17.5 Å². The number of alkyl halides is 1. The van der Waals surface area contributed by atoms with E-state index < -0.39 is 23.6 Å². The number of esters is 2. The molecule has 2 aromatic carbocycles. The molecule has 148 valence electrons. The van der Waals surface area contributed by atoms with Gasteiger partial charge in [-0.2, -0.15) is 0 Å². The highest BCUT2D eigenvalue weighted by Gasteiger charge is 2.36. The average molecular weight is 403 g/mol. The van der Waals surface area contributed by atoms with E-state index >= 15 is 0 Å². The minimum Gasteiger partial charge on any atom is -0.462 e. The Kier molecular flexibility index (Phi) is 6.70. The van der Waals surface area contributed by atoms with Gasteiger partial charge in [0.25, 0.3) is 0 Å². The SMILES string of the molecule is Cc1ccc(C(=O)OC[C@@H]2C[C@H](Cl)O[C@@H]2COC(=O)c2ccc(C)cc2)cc1. The molecule has 28 heavy (non-hydrogen) atoms. The first kappa shape index (κ1) is 20.4. The van der Waals surface area contributed by atoms with Crippen molar-refractivity contribution in [2.75, 3.05) is 13.2 Å². The van der Waals surface area contributed by atoms with Crippen molar-refractivity contribution in [3.8, 4) is 0 Å². The van der Waals surface area contributed by atoms with Crippen LogP contribution in [-0.4, -0.2) is 36.8 Å². The molecule has 5 nitrogen and oxygen atoms in total. The Morgan fingerprint density at radius 2 is 1.36 bits per heavy atom. The van der Waals surface area contributed by atoms with Gasteiger partial charge in [-0.3, -0.25) is 0 Å². The molecule has 1 fully saturated rings. The maximum atomic E-state index is 12.2. The summed E-state index contributed by atoms with van der Waals surface area (Å²) in [7, 11) is 0. The van der Waals surface area contributed by atoms with Gasteiger partial charge < -0.3 is 14.2 Å². The number of carbonyl (C=O) groups excluding carboxylic acids is 2. The smallest absolute Gasteiger partial charge is 0.338 e. The summed E-state index contributed by atoms with van der Waals surface area (Å²) >= 11 is 6.10. The van der Waals surface area contributed by atoms with E-state index in [1.807, 2.05) is 38.1 Å². The predicted octanol–water partition coefficient (Wildman–Crippen LogP) is 4.29. The second kappa shape index (κ2) is 9.22. The molecule has 0 saturated carbocycles. The summed E-state index contributed by atoms with van der Waals surface area (Å²) in [6.07, 6.45) is 0.109. The van der Waals surface area contributed by atoms with Crippen LogP contribution >= 0.6 is 11.6 Å². The maximum Gasteiger partial charge on any atom is 0.338 e. The van der Waals surface area contributed by atoms with Crippen LogP contribution in [0.4, 0.5) is 0 Å². The molecule has 0 N–H and O–H groups in total. The molecule has 1 heterocycles. The third-order valence-electron chi connectivity index (χ3n) is 4.72. The van der Waals surface area contributed by atoms with Gasteiger partial charge in [-0.15, -0.1) is 0 Å². The van der Waals surface area contributed by atoms with Gasteiger partial charge in [-0.25, -0.2) is 9.59 Å². The van der Waals surface area contributed by atoms with Gasteiger partial charge in [0.15, 0.2) is 0 Å². The van der Waals surface area contributed by atoms with Crippen molar-refractivity contribution >= 4 is 23.5 Å². The summed E-state index contributed by atoms with van der Waals surface area (Å²) in [5, 5.41) is 0. The van der Waals surface area contributed by atoms with Gasteiger partial charge in [0.1, 0.15) is 12.2 Å². The van der Waals surface area contributed by atoms with Gasteiger partial charge in [-0.1, -0.05) is 47.0 Å². The third-order valence-corrected chi connectivity index (χ3v) is 5.00. The maximum absolute atomic E-state index is 12.2. The molecule has 3 rings (SSSR count). The van der Waals surface area contributed by atoms with Crippen molar-refractivity contribution in [1.82, 2.24) is 0 Å². The molecule has 0 amide bonds. The molecule has 6 heteroatoms. The Morgan fingerprint density at radius 1 is 0.893 bits per heavy atom. The molecule has 0 aromatic heterocycles.